The van der Waals surface area contributed by atoms with Gasteiger partial charge in [-0.05, 0) is 23.3 Å². The van der Waals surface area contributed by atoms with Crippen molar-refractivity contribution in [1.29, 1.82) is 0 Å². The molecular weight excluding hydrogens is 249 g/mol. The first-order valence-corrected chi connectivity index (χ1v) is 6.42. The summed E-state index contributed by atoms with van der Waals surface area (Å²) in [5.41, 5.74) is 2.21. The van der Waals surface area contributed by atoms with Gasteiger partial charge >= 0.3 is 0 Å². The lowest BCUT2D eigenvalue weighted by Crippen LogP contribution is -2.22. The fraction of sp³-hybridized carbons (Fsp3) is 0.200. The van der Waals surface area contributed by atoms with E-state index in [-0.39, 0.29) is 11.9 Å². The highest BCUT2D eigenvalue weighted by Gasteiger charge is 2.08. The monoisotopic (exact) mass is 263 g/mol. The van der Waals surface area contributed by atoms with Crippen LogP contribution >= 0.6 is 11.6 Å². The molecule has 0 radical (unpaired) electrons. The minimum atomic E-state index is -0.212. The van der Waals surface area contributed by atoms with Crippen LogP contribution in [0.1, 0.15) is 17.2 Å². The predicted molar refractivity (Wildman–Crippen MR) is 73.1 cm³/mol. The van der Waals surface area contributed by atoms with Gasteiger partial charge in [-0.25, -0.2) is 4.39 Å². The summed E-state index contributed by atoms with van der Waals surface area (Å²) in [4.78, 5) is 0. The van der Waals surface area contributed by atoms with Crippen molar-refractivity contribution in [2.45, 2.75) is 12.6 Å². The molecule has 0 aliphatic heterocycles. The first kappa shape index (κ1) is 13.1. The van der Waals surface area contributed by atoms with Crippen molar-refractivity contribution >= 4 is 11.6 Å². The number of halogens is 2. The van der Waals surface area contributed by atoms with Gasteiger partial charge in [-0.15, -0.1) is 11.6 Å². The van der Waals surface area contributed by atoms with E-state index in [2.05, 4.69) is 5.32 Å². The molecule has 1 unspecified atom stereocenters. The van der Waals surface area contributed by atoms with Gasteiger partial charge in [0.15, 0.2) is 0 Å². The molecule has 0 amide bonds. The Bertz CT molecular complexity index is 470. The summed E-state index contributed by atoms with van der Waals surface area (Å²) in [6, 6.07) is 16.7. The van der Waals surface area contributed by atoms with Crippen LogP contribution in [0.3, 0.4) is 0 Å². The molecule has 0 fully saturated rings. The number of rotatable bonds is 5. The minimum Gasteiger partial charge on any atom is -0.305 e. The molecule has 0 saturated carbocycles. The van der Waals surface area contributed by atoms with Gasteiger partial charge in [0.25, 0.3) is 0 Å². The second-order valence-electron chi connectivity index (χ2n) is 4.12. The Hall–Kier alpha value is -1.38. The maximum Gasteiger partial charge on any atom is 0.123 e. The summed E-state index contributed by atoms with van der Waals surface area (Å²) < 4.78 is 12.8. The Morgan fingerprint density at radius 1 is 1.00 bits per heavy atom. The number of nitrogens with one attached hydrogen (secondary N) is 1. The molecule has 2 aromatic rings. The Labute approximate surface area is 112 Å². The lowest BCUT2D eigenvalue weighted by molar-refractivity contribution is 0.577. The van der Waals surface area contributed by atoms with Crippen LogP contribution in [0.5, 0.6) is 0 Å². The highest BCUT2D eigenvalue weighted by Crippen LogP contribution is 2.15. The highest BCUT2D eigenvalue weighted by molar-refractivity contribution is 6.18. The molecule has 0 heterocycles. The molecule has 94 valence electrons. The molecule has 1 atom stereocenters. The molecule has 18 heavy (non-hydrogen) atoms. The highest BCUT2D eigenvalue weighted by atomic mass is 35.5. The molecular formula is C15H15ClFN. The second kappa shape index (κ2) is 6.53. The Morgan fingerprint density at radius 2 is 1.67 bits per heavy atom. The standard InChI is InChI=1S/C15H15ClFN/c16-10-15(13-4-2-1-3-5-13)18-11-12-6-8-14(17)9-7-12/h1-9,15,18H,10-11H2. The summed E-state index contributed by atoms with van der Waals surface area (Å²) >= 11 is 5.97. The number of hydrogen-bond donors (Lipinski definition) is 1. The van der Waals surface area contributed by atoms with E-state index in [4.69, 9.17) is 11.6 Å². The van der Waals surface area contributed by atoms with E-state index in [0.29, 0.717) is 12.4 Å². The first-order valence-electron chi connectivity index (χ1n) is 5.88. The molecule has 2 rings (SSSR count). The largest absolute Gasteiger partial charge is 0.305 e. The van der Waals surface area contributed by atoms with Crippen LogP contribution in [0.4, 0.5) is 4.39 Å². The number of benzene rings is 2. The Morgan fingerprint density at radius 3 is 2.28 bits per heavy atom. The van der Waals surface area contributed by atoms with Gasteiger partial charge in [-0.3, -0.25) is 0 Å². The van der Waals surface area contributed by atoms with Gasteiger partial charge in [0.2, 0.25) is 0 Å². The van der Waals surface area contributed by atoms with Crippen LogP contribution in [0.15, 0.2) is 54.6 Å². The average Bonchev–Trinajstić information content (AvgIpc) is 2.43. The number of alkyl halides is 1. The van der Waals surface area contributed by atoms with Crippen molar-refractivity contribution in [3.8, 4) is 0 Å². The zero-order chi connectivity index (χ0) is 12.8. The SMILES string of the molecule is Fc1ccc(CNC(CCl)c2ccccc2)cc1. The Balaban J connectivity index is 1.97. The third-order valence-electron chi connectivity index (χ3n) is 2.82. The van der Waals surface area contributed by atoms with Crippen LogP contribution in [-0.4, -0.2) is 5.88 Å². The lowest BCUT2D eigenvalue weighted by atomic mass is 10.1. The quantitative estimate of drug-likeness (QED) is 0.807. The fourth-order valence-electron chi connectivity index (χ4n) is 1.79. The van der Waals surface area contributed by atoms with Gasteiger partial charge in [0.05, 0.1) is 0 Å². The fourth-order valence-corrected chi connectivity index (χ4v) is 2.08. The third-order valence-corrected chi connectivity index (χ3v) is 3.13. The van der Waals surface area contributed by atoms with Crippen LogP contribution in [-0.2, 0) is 6.54 Å². The molecule has 0 bridgehead atoms. The summed E-state index contributed by atoms with van der Waals surface area (Å²) in [6.07, 6.45) is 0. The van der Waals surface area contributed by atoms with Crippen LogP contribution in [0.25, 0.3) is 0 Å². The summed E-state index contributed by atoms with van der Waals surface area (Å²) in [5, 5.41) is 3.37. The van der Waals surface area contributed by atoms with E-state index in [0.717, 1.165) is 11.1 Å². The molecule has 0 aliphatic carbocycles. The van der Waals surface area contributed by atoms with Gasteiger partial charge in [0.1, 0.15) is 5.82 Å². The van der Waals surface area contributed by atoms with E-state index in [9.17, 15) is 4.39 Å². The Kier molecular flexibility index (Phi) is 4.73. The predicted octanol–water partition coefficient (Wildman–Crippen LogP) is 3.90. The van der Waals surface area contributed by atoms with Crippen molar-refractivity contribution < 1.29 is 4.39 Å². The third kappa shape index (κ3) is 3.56. The maximum atomic E-state index is 12.8. The van der Waals surface area contributed by atoms with Crippen molar-refractivity contribution in [1.82, 2.24) is 5.32 Å². The van der Waals surface area contributed by atoms with Gasteiger partial charge in [-0.1, -0.05) is 42.5 Å². The average molecular weight is 264 g/mol. The van der Waals surface area contributed by atoms with E-state index in [1.165, 1.54) is 12.1 Å². The van der Waals surface area contributed by atoms with Crippen molar-refractivity contribution in [2.24, 2.45) is 0 Å². The minimum absolute atomic E-state index is 0.109. The molecule has 1 nitrogen and oxygen atoms in total. The summed E-state index contributed by atoms with van der Waals surface area (Å²) in [7, 11) is 0. The van der Waals surface area contributed by atoms with Gasteiger partial charge in [0, 0.05) is 18.5 Å². The zero-order valence-electron chi connectivity index (χ0n) is 9.94. The zero-order valence-corrected chi connectivity index (χ0v) is 10.7. The topological polar surface area (TPSA) is 12.0 Å². The van der Waals surface area contributed by atoms with Crippen molar-refractivity contribution in [3.05, 3.63) is 71.5 Å². The van der Waals surface area contributed by atoms with Crippen molar-refractivity contribution in [3.63, 3.8) is 0 Å². The lowest BCUT2D eigenvalue weighted by Gasteiger charge is -2.16. The van der Waals surface area contributed by atoms with E-state index >= 15 is 0 Å². The smallest absolute Gasteiger partial charge is 0.123 e. The molecule has 3 heteroatoms. The molecule has 0 saturated heterocycles. The first-order chi connectivity index (χ1) is 8.79. The normalized spacial score (nSPS) is 12.3. The van der Waals surface area contributed by atoms with Crippen molar-refractivity contribution in [2.75, 3.05) is 5.88 Å². The van der Waals surface area contributed by atoms with Crippen LogP contribution in [0.2, 0.25) is 0 Å². The molecule has 2 aromatic carbocycles. The van der Waals surface area contributed by atoms with E-state index in [1.807, 2.05) is 30.3 Å². The summed E-state index contributed by atoms with van der Waals surface area (Å²) in [6.45, 7) is 0.673. The van der Waals surface area contributed by atoms with Gasteiger partial charge in [-0.2, -0.15) is 0 Å². The number of hydrogen-bond acceptors (Lipinski definition) is 1. The van der Waals surface area contributed by atoms with E-state index in [1.54, 1.807) is 12.1 Å². The molecule has 0 aliphatic rings. The molecule has 1 N–H and O–H groups in total. The van der Waals surface area contributed by atoms with Crippen LogP contribution < -0.4 is 5.32 Å². The van der Waals surface area contributed by atoms with Crippen LogP contribution in [0, 0.1) is 5.82 Å². The molecule has 0 spiro atoms. The maximum absolute atomic E-state index is 12.8. The van der Waals surface area contributed by atoms with E-state index < -0.39 is 0 Å². The van der Waals surface area contributed by atoms with Gasteiger partial charge < -0.3 is 5.32 Å². The molecule has 0 aromatic heterocycles. The second-order valence-corrected chi connectivity index (χ2v) is 4.43. The summed E-state index contributed by atoms with van der Waals surface area (Å²) in [5.74, 6) is 0.293.